The van der Waals surface area contributed by atoms with Crippen LogP contribution in [0.1, 0.15) is 0 Å². The number of esters is 2. The molecule has 0 unspecified atom stereocenters. The molecule has 1 aliphatic rings. The lowest BCUT2D eigenvalue weighted by molar-refractivity contribution is -0.140. The van der Waals surface area contributed by atoms with Gasteiger partial charge in [0.15, 0.2) is 0 Å². The highest BCUT2D eigenvalue weighted by Gasteiger charge is 2.33. The fourth-order valence-corrected chi connectivity index (χ4v) is 3.14. The Morgan fingerprint density at radius 3 is 2.21 bits per heavy atom. The third-order valence-corrected chi connectivity index (χ3v) is 4.43. The Labute approximate surface area is 163 Å². The highest BCUT2D eigenvalue weighted by Crippen LogP contribution is 2.39. The number of rotatable bonds is 5. The minimum atomic E-state index is -0.640. The zero-order chi connectivity index (χ0) is 20.1. The van der Waals surface area contributed by atoms with Crippen LogP contribution >= 0.6 is 0 Å². The third kappa shape index (κ3) is 3.57. The Morgan fingerprint density at radius 2 is 1.54 bits per heavy atom. The van der Waals surface area contributed by atoms with Crippen LogP contribution in [0.15, 0.2) is 59.8 Å². The molecule has 0 amide bonds. The van der Waals surface area contributed by atoms with Crippen LogP contribution < -0.4 is 9.64 Å². The Hall–Kier alpha value is -3.32. The van der Waals surface area contributed by atoms with Crippen molar-refractivity contribution in [3.63, 3.8) is 0 Å². The summed E-state index contributed by atoms with van der Waals surface area (Å²) in [7, 11) is 4.12. The fourth-order valence-electron chi connectivity index (χ4n) is 3.14. The first kappa shape index (κ1) is 19.4. The average Bonchev–Trinajstić information content (AvgIpc) is 2.77. The Balaban J connectivity index is 2.20. The number of nitrogens with zero attached hydrogens (tertiary/aromatic N) is 1. The third-order valence-electron chi connectivity index (χ3n) is 4.43. The summed E-state index contributed by atoms with van der Waals surface area (Å²) in [5.74, 6) is -0.594. The van der Waals surface area contributed by atoms with Crippen molar-refractivity contribution in [2.75, 3.05) is 39.6 Å². The van der Waals surface area contributed by atoms with E-state index in [-0.39, 0.29) is 24.6 Å². The number of hydrogen-bond donors (Lipinski definition) is 0. The summed E-state index contributed by atoms with van der Waals surface area (Å²) in [6, 6.07) is 15.0. The van der Waals surface area contributed by atoms with Gasteiger partial charge in [0.25, 0.3) is 0 Å². The molecule has 0 spiro atoms. The molecule has 3 rings (SSSR count). The molecule has 7 heteroatoms. The first-order valence-corrected chi connectivity index (χ1v) is 8.59. The number of benzene rings is 2. The molecule has 1 heterocycles. The van der Waals surface area contributed by atoms with Gasteiger partial charge in [-0.1, -0.05) is 36.4 Å². The summed E-state index contributed by atoms with van der Waals surface area (Å²) in [4.78, 5) is 26.4. The van der Waals surface area contributed by atoms with E-state index in [2.05, 4.69) is 0 Å². The number of hydrogen-bond acceptors (Lipinski definition) is 7. The van der Waals surface area contributed by atoms with E-state index in [4.69, 9.17) is 18.9 Å². The maximum atomic E-state index is 12.5. The Morgan fingerprint density at radius 1 is 0.893 bits per heavy atom. The molecule has 0 atom stereocenters. The van der Waals surface area contributed by atoms with Crippen LogP contribution in [0.5, 0.6) is 5.75 Å². The smallest absolute Gasteiger partial charge is 0.355 e. The van der Waals surface area contributed by atoms with Crippen molar-refractivity contribution in [2.45, 2.75) is 0 Å². The van der Waals surface area contributed by atoms with Crippen LogP contribution in [0.25, 0.3) is 11.1 Å². The van der Waals surface area contributed by atoms with E-state index in [9.17, 15) is 9.59 Å². The van der Waals surface area contributed by atoms with Gasteiger partial charge in [0.05, 0.1) is 39.2 Å². The number of methoxy groups -OCH3 is 3. The summed E-state index contributed by atoms with van der Waals surface area (Å²) in [6.07, 6.45) is 0. The molecule has 0 aliphatic carbocycles. The molecule has 146 valence electrons. The minimum Gasteiger partial charge on any atom is -0.496 e. The zero-order valence-electron chi connectivity index (χ0n) is 15.9. The highest BCUT2D eigenvalue weighted by atomic mass is 16.5. The SMILES string of the molecule is COC(=O)C1=C(C(=O)OC)N(c2ccccc2-c2ccccc2OC)COC1. The lowest BCUT2D eigenvalue weighted by Gasteiger charge is -2.32. The second kappa shape index (κ2) is 8.58. The van der Waals surface area contributed by atoms with E-state index in [1.165, 1.54) is 14.2 Å². The molecule has 0 aromatic heterocycles. The van der Waals surface area contributed by atoms with E-state index >= 15 is 0 Å². The van der Waals surface area contributed by atoms with Crippen molar-refractivity contribution in [3.05, 3.63) is 59.8 Å². The van der Waals surface area contributed by atoms with Crippen molar-refractivity contribution >= 4 is 17.6 Å². The number of anilines is 1. The Bertz CT molecular complexity index is 921. The van der Waals surface area contributed by atoms with Crippen molar-refractivity contribution in [2.24, 2.45) is 0 Å². The maximum Gasteiger partial charge on any atom is 0.355 e. The molecule has 2 aromatic rings. The molecule has 7 nitrogen and oxygen atoms in total. The maximum absolute atomic E-state index is 12.5. The molecule has 0 saturated heterocycles. The topological polar surface area (TPSA) is 74.3 Å². The number of ether oxygens (including phenoxy) is 4. The van der Waals surface area contributed by atoms with Crippen LogP contribution in [0.2, 0.25) is 0 Å². The lowest BCUT2D eigenvalue weighted by Crippen LogP contribution is -2.39. The van der Waals surface area contributed by atoms with Crippen molar-refractivity contribution < 1.29 is 28.5 Å². The van der Waals surface area contributed by atoms with Crippen molar-refractivity contribution in [1.82, 2.24) is 0 Å². The van der Waals surface area contributed by atoms with Gasteiger partial charge >= 0.3 is 11.9 Å². The van der Waals surface area contributed by atoms with E-state index in [1.807, 2.05) is 48.5 Å². The molecule has 0 N–H and O–H groups in total. The summed E-state index contributed by atoms with van der Waals surface area (Å²) < 4.78 is 20.8. The number of carbonyl (C=O) groups excluding carboxylic acids is 2. The van der Waals surface area contributed by atoms with Crippen LogP contribution in [0.4, 0.5) is 5.69 Å². The van der Waals surface area contributed by atoms with Gasteiger partial charge < -0.3 is 23.8 Å². The molecule has 2 aromatic carbocycles. The number of para-hydroxylation sites is 2. The lowest BCUT2D eigenvalue weighted by atomic mass is 10.0. The Kier molecular flexibility index (Phi) is 5.96. The van der Waals surface area contributed by atoms with Crippen LogP contribution in [-0.4, -0.2) is 46.6 Å². The zero-order valence-corrected chi connectivity index (χ0v) is 15.9. The predicted octanol–water partition coefficient (Wildman–Crippen LogP) is 2.76. The standard InChI is InChI=1S/C21H21NO6/c1-25-18-11-7-5-9-15(18)14-8-4-6-10-17(14)22-13-28-12-16(20(23)26-2)19(22)21(24)27-3/h4-11H,12-13H2,1-3H3. The molecular weight excluding hydrogens is 362 g/mol. The predicted molar refractivity (Wildman–Crippen MR) is 103 cm³/mol. The molecule has 28 heavy (non-hydrogen) atoms. The molecular formula is C21H21NO6. The van der Waals surface area contributed by atoms with Gasteiger partial charge in [-0.2, -0.15) is 0 Å². The van der Waals surface area contributed by atoms with Crippen LogP contribution in [0, 0.1) is 0 Å². The molecule has 0 bridgehead atoms. The van der Waals surface area contributed by atoms with Gasteiger partial charge in [-0.25, -0.2) is 9.59 Å². The molecule has 1 aliphatic heterocycles. The molecule has 0 saturated carbocycles. The van der Waals surface area contributed by atoms with Crippen LogP contribution in [-0.2, 0) is 23.8 Å². The summed E-state index contributed by atoms with van der Waals surface area (Å²) in [6.45, 7) is 0.0432. The van der Waals surface area contributed by atoms with Gasteiger partial charge in [-0.15, -0.1) is 0 Å². The highest BCUT2D eigenvalue weighted by molar-refractivity contribution is 6.04. The largest absolute Gasteiger partial charge is 0.496 e. The molecule has 0 radical (unpaired) electrons. The van der Waals surface area contributed by atoms with Gasteiger partial charge in [0, 0.05) is 11.1 Å². The fraction of sp³-hybridized carbons (Fsp3) is 0.238. The minimum absolute atomic E-state index is 0.0373. The van der Waals surface area contributed by atoms with Crippen molar-refractivity contribution in [1.29, 1.82) is 0 Å². The van der Waals surface area contributed by atoms with Gasteiger partial charge in [0.1, 0.15) is 18.2 Å². The quantitative estimate of drug-likeness (QED) is 0.735. The first-order valence-electron chi connectivity index (χ1n) is 8.59. The second-order valence-electron chi connectivity index (χ2n) is 5.93. The van der Waals surface area contributed by atoms with Crippen molar-refractivity contribution in [3.8, 4) is 16.9 Å². The normalized spacial score (nSPS) is 13.9. The van der Waals surface area contributed by atoms with Crippen LogP contribution in [0.3, 0.4) is 0 Å². The van der Waals surface area contributed by atoms with E-state index in [0.29, 0.717) is 11.4 Å². The summed E-state index contributed by atoms with van der Waals surface area (Å²) in [5, 5.41) is 0. The van der Waals surface area contributed by atoms with E-state index in [0.717, 1.165) is 11.1 Å². The van der Waals surface area contributed by atoms with Gasteiger partial charge in [-0.3, -0.25) is 0 Å². The monoisotopic (exact) mass is 383 g/mol. The number of carbonyl (C=O) groups is 2. The summed E-state index contributed by atoms with van der Waals surface area (Å²) in [5.41, 5.74) is 2.54. The molecule has 0 fully saturated rings. The first-order chi connectivity index (χ1) is 13.6. The summed E-state index contributed by atoms with van der Waals surface area (Å²) >= 11 is 0. The van der Waals surface area contributed by atoms with Gasteiger partial charge in [0.2, 0.25) is 0 Å². The second-order valence-corrected chi connectivity index (χ2v) is 5.93. The van der Waals surface area contributed by atoms with E-state index in [1.54, 1.807) is 12.0 Å². The van der Waals surface area contributed by atoms with E-state index < -0.39 is 11.9 Å². The average molecular weight is 383 g/mol. The van der Waals surface area contributed by atoms with Gasteiger partial charge in [-0.05, 0) is 12.1 Å².